The summed E-state index contributed by atoms with van der Waals surface area (Å²) in [6.45, 7) is 1.12. The zero-order valence-electron chi connectivity index (χ0n) is 15.3. The molecular formula is C15H22F3N3O5S2. The molecule has 0 aliphatic carbocycles. The molecule has 0 spiro atoms. The van der Waals surface area contributed by atoms with Crippen molar-refractivity contribution >= 4 is 26.0 Å². The van der Waals surface area contributed by atoms with Crippen molar-refractivity contribution in [1.82, 2.24) is 14.3 Å². The Morgan fingerprint density at radius 3 is 2.39 bits per heavy atom. The molecule has 1 amide bonds. The Morgan fingerprint density at radius 2 is 1.82 bits per heavy atom. The molecule has 160 valence electrons. The summed E-state index contributed by atoms with van der Waals surface area (Å²) in [7, 11) is -6.22. The lowest BCUT2D eigenvalue weighted by atomic mass is 10.2. The van der Waals surface area contributed by atoms with Gasteiger partial charge in [0.05, 0.1) is 22.8 Å². The summed E-state index contributed by atoms with van der Waals surface area (Å²) in [6, 6.07) is 3.16. The molecule has 13 heteroatoms. The zero-order chi connectivity index (χ0) is 21.6. The van der Waals surface area contributed by atoms with Gasteiger partial charge in [-0.2, -0.15) is 13.2 Å². The first-order valence-electron chi connectivity index (χ1n) is 8.17. The Bertz CT molecular complexity index is 886. The van der Waals surface area contributed by atoms with Gasteiger partial charge in [0, 0.05) is 20.1 Å². The van der Waals surface area contributed by atoms with Gasteiger partial charge in [0.25, 0.3) is 0 Å². The van der Waals surface area contributed by atoms with Crippen molar-refractivity contribution in [3.8, 4) is 0 Å². The van der Waals surface area contributed by atoms with E-state index in [4.69, 9.17) is 0 Å². The fourth-order valence-electron chi connectivity index (χ4n) is 2.03. The monoisotopic (exact) mass is 445 g/mol. The van der Waals surface area contributed by atoms with Crippen LogP contribution in [-0.2, 0) is 31.0 Å². The van der Waals surface area contributed by atoms with E-state index in [0.717, 1.165) is 22.5 Å². The Labute approximate surface area is 162 Å². The van der Waals surface area contributed by atoms with Crippen LogP contribution in [-0.4, -0.2) is 59.5 Å². The first-order valence-corrected chi connectivity index (χ1v) is 11.3. The minimum absolute atomic E-state index is 0.0484. The van der Waals surface area contributed by atoms with Gasteiger partial charge in [0.15, 0.2) is 0 Å². The van der Waals surface area contributed by atoms with Crippen LogP contribution in [0.25, 0.3) is 0 Å². The number of rotatable bonds is 10. The van der Waals surface area contributed by atoms with Crippen LogP contribution in [0.15, 0.2) is 29.2 Å². The van der Waals surface area contributed by atoms with Gasteiger partial charge in [0.1, 0.15) is 0 Å². The standard InChI is InChI=1S/C15H22F3N3O5S2/c1-3-27(23,24)21(2)9-5-8-19-14(22)11-20-28(25,26)13-7-4-6-12(10-13)15(16,17)18/h4,6-7,10,20H,3,5,8-9,11H2,1-2H3,(H,19,22). The minimum Gasteiger partial charge on any atom is -0.355 e. The van der Waals surface area contributed by atoms with E-state index in [9.17, 15) is 34.8 Å². The van der Waals surface area contributed by atoms with Crippen LogP contribution >= 0.6 is 0 Å². The summed E-state index contributed by atoms with van der Waals surface area (Å²) in [6.07, 6.45) is -4.39. The second-order valence-electron chi connectivity index (χ2n) is 5.78. The van der Waals surface area contributed by atoms with Gasteiger partial charge in [-0.25, -0.2) is 25.9 Å². The lowest BCUT2D eigenvalue weighted by molar-refractivity contribution is -0.137. The van der Waals surface area contributed by atoms with Gasteiger partial charge in [-0.1, -0.05) is 6.07 Å². The van der Waals surface area contributed by atoms with Crippen LogP contribution in [0, 0.1) is 0 Å². The number of hydrogen-bond acceptors (Lipinski definition) is 5. The average Bonchev–Trinajstić information content (AvgIpc) is 2.62. The van der Waals surface area contributed by atoms with Crippen molar-refractivity contribution in [1.29, 1.82) is 0 Å². The van der Waals surface area contributed by atoms with E-state index in [2.05, 4.69) is 5.32 Å². The highest BCUT2D eigenvalue weighted by Gasteiger charge is 2.31. The van der Waals surface area contributed by atoms with E-state index in [1.807, 2.05) is 4.72 Å². The summed E-state index contributed by atoms with van der Waals surface area (Å²) in [5.41, 5.74) is -1.12. The van der Waals surface area contributed by atoms with Gasteiger partial charge >= 0.3 is 6.18 Å². The third kappa shape index (κ3) is 7.37. The first-order chi connectivity index (χ1) is 12.8. The molecule has 2 N–H and O–H groups in total. The molecular weight excluding hydrogens is 423 g/mol. The zero-order valence-corrected chi connectivity index (χ0v) is 16.9. The number of hydrogen-bond donors (Lipinski definition) is 2. The number of nitrogens with one attached hydrogen (secondary N) is 2. The van der Waals surface area contributed by atoms with Gasteiger partial charge in [0.2, 0.25) is 26.0 Å². The summed E-state index contributed by atoms with van der Waals surface area (Å²) in [5.74, 6) is -0.746. The Balaban J connectivity index is 2.52. The van der Waals surface area contributed by atoms with Crippen LogP contribution in [0.2, 0.25) is 0 Å². The second kappa shape index (κ2) is 9.67. The summed E-state index contributed by atoms with van der Waals surface area (Å²) >= 11 is 0. The van der Waals surface area contributed by atoms with Crippen LogP contribution < -0.4 is 10.0 Å². The summed E-state index contributed by atoms with van der Waals surface area (Å²) < 4.78 is 88.3. The van der Waals surface area contributed by atoms with E-state index >= 15 is 0 Å². The fourth-order valence-corrected chi connectivity index (χ4v) is 3.91. The quantitative estimate of drug-likeness (QED) is 0.517. The number of carbonyl (C=O) groups excluding carboxylic acids is 1. The maximum atomic E-state index is 12.7. The Hall–Kier alpha value is -1.70. The smallest absolute Gasteiger partial charge is 0.355 e. The van der Waals surface area contributed by atoms with Crippen molar-refractivity contribution in [3.05, 3.63) is 29.8 Å². The van der Waals surface area contributed by atoms with Crippen LogP contribution in [0.1, 0.15) is 18.9 Å². The van der Waals surface area contributed by atoms with Crippen LogP contribution in [0.5, 0.6) is 0 Å². The van der Waals surface area contributed by atoms with Crippen molar-refractivity contribution in [2.45, 2.75) is 24.4 Å². The number of benzene rings is 1. The maximum absolute atomic E-state index is 12.7. The lowest BCUT2D eigenvalue weighted by Gasteiger charge is -2.15. The topological polar surface area (TPSA) is 113 Å². The molecule has 28 heavy (non-hydrogen) atoms. The Kier molecular flexibility index (Phi) is 8.41. The number of carbonyl (C=O) groups is 1. The Morgan fingerprint density at radius 1 is 1.18 bits per heavy atom. The molecule has 0 atom stereocenters. The highest BCUT2D eigenvalue weighted by Crippen LogP contribution is 2.30. The van der Waals surface area contributed by atoms with E-state index in [1.54, 1.807) is 0 Å². The molecule has 0 bridgehead atoms. The maximum Gasteiger partial charge on any atom is 0.416 e. The van der Waals surface area contributed by atoms with Gasteiger partial charge in [-0.3, -0.25) is 4.79 Å². The van der Waals surface area contributed by atoms with Gasteiger partial charge in [-0.05, 0) is 31.5 Å². The largest absolute Gasteiger partial charge is 0.416 e. The SMILES string of the molecule is CCS(=O)(=O)N(C)CCCNC(=O)CNS(=O)(=O)c1cccc(C(F)(F)F)c1. The van der Waals surface area contributed by atoms with Gasteiger partial charge in [-0.15, -0.1) is 0 Å². The molecule has 1 aromatic carbocycles. The van der Waals surface area contributed by atoms with E-state index < -0.39 is 49.1 Å². The normalized spacial score (nSPS) is 12.9. The number of halogens is 3. The number of amides is 1. The molecule has 0 saturated carbocycles. The summed E-state index contributed by atoms with van der Waals surface area (Å²) in [4.78, 5) is 11.1. The predicted molar refractivity (Wildman–Crippen MR) is 96.4 cm³/mol. The lowest BCUT2D eigenvalue weighted by Crippen LogP contribution is -2.38. The van der Waals surface area contributed by atoms with E-state index in [-0.39, 0.29) is 18.8 Å². The van der Waals surface area contributed by atoms with Crippen molar-refractivity contribution < 1.29 is 34.8 Å². The third-order valence-corrected chi connectivity index (χ3v) is 6.97. The van der Waals surface area contributed by atoms with Crippen molar-refractivity contribution in [3.63, 3.8) is 0 Å². The first kappa shape index (κ1) is 24.3. The van der Waals surface area contributed by atoms with Gasteiger partial charge < -0.3 is 5.32 Å². The fraction of sp³-hybridized carbons (Fsp3) is 0.533. The molecule has 8 nitrogen and oxygen atoms in total. The molecule has 0 aromatic heterocycles. The molecule has 1 aromatic rings. The second-order valence-corrected chi connectivity index (χ2v) is 9.91. The molecule has 0 heterocycles. The van der Waals surface area contributed by atoms with Crippen LogP contribution in [0.4, 0.5) is 13.2 Å². The predicted octanol–water partition coefficient (Wildman–Crippen LogP) is 0.772. The minimum atomic E-state index is -4.69. The van der Waals surface area contributed by atoms with Crippen molar-refractivity contribution in [2.24, 2.45) is 0 Å². The third-order valence-electron chi connectivity index (χ3n) is 3.71. The number of alkyl halides is 3. The van der Waals surface area contributed by atoms with E-state index in [1.165, 1.54) is 14.0 Å². The highest BCUT2D eigenvalue weighted by molar-refractivity contribution is 7.89. The van der Waals surface area contributed by atoms with Crippen molar-refractivity contribution in [2.75, 3.05) is 32.4 Å². The molecule has 0 saturated heterocycles. The summed E-state index contributed by atoms with van der Waals surface area (Å²) in [5, 5.41) is 2.40. The number of sulfonamides is 2. The van der Waals surface area contributed by atoms with Crippen LogP contribution in [0.3, 0.4) is 0 Å². The average molecular weight is 445 g/mol. The molecule has 1 rings (SSSR count). The number of nitrogens with zero attached hydrogens (tertiary/aromatic N) is 1. The molecule has 0 unspecified atom stereocenters. The molecule has 0 aliphatic heterocycles. The molecule has 0 aliphatic rings. The molecule has 0 fully saturated rings. The van der Waals surface area contributed by atoms with E-state index in [0.29, 0.717) is 12.5 Å². The molecule has 0 radical (unpaired) electrons. The highest BCUT2D eigenvalue weighted by atomic mass is 32.2.